The Balaban J connectivity index is 2.53. The average Bonchev–Trinajstić information content (AvgIpc) is 2.66. The van der Waals surface area contributed by atoms with E-state index < -0.39 is 37.0 Å². The third-order valence-electron chi connectivity index (χ3n) is 3.04. The Morgan fingerprint density at radius 2 is 1.67 bits per heavy atom. The molecule has 0 aliphatic rings. The number of hydrogen-bond acceptors (Lipinski definition) is 7. The van der Waals surface area contributed by atoms with E-state index >= 15 is 0 Å². The molecule has 0 unspecified atom stereocenters. The molecule has 1 aromatic carbocycles. The summed E-state index contributed by atoms with van der Waals surface area (Å²) >= 11 is 0. The lowest BCUT2D eigenvalue weighted by Gasteiger charge is -2.12. The smallest absolute Gasteiger partial charge is 0.325 e. The van der Waals surface area contributed by atoms with E-state index in [-0.39, 0.29) is 5.56 Å². The molecule has 0 saturated heterocycles. The number of esters is 1. The molecular weight excluding hydrogens is 358 g/mol. The second-order valence-electron chi connectivity index (χ2n) is 5.00. The predicted octanol–water partition coefficient (Wildman–Crippen LogP) is 0.213. The van der Waals surface area contributed by atoms with Crippen molar-refractivity contribution in [1.82, 2.24) is 16.0 Å². The first-order chi connectivity index (χ1) is 12.9. The minimum Gasteiger partial charge on any atom is -0.490 e. The molecule has 0 radical (unpaired) electrons. The first-order valence-corrected chi connectivity index (χ1v) is 8.26. The third-order valence-corrected chi connectivity index (χ3v) is 3.04. The molecule has 1 aromatic rings. The van der Waals surface area contributed by atoms with Gasteiger partial charge in [-0.2, -0.15) is 0 Å². The summed E-state index contributed by atoms with van der Waals surface area (Å²) in [7, 11) is 1.34. The lowest BCUT2D eigenvalue weighted by atomic mass is 10.2. The largest absolute Gasteiger partial charge is 0.490 e. The lowest BCUT2D eigenvalue weighted by Crippen LogP contribution is -2.40. The van der Waals surface area contributed by atoms with Gasteiger partial charge in [-0.25, -0.2) is 4.79 Å². The predicted molar refractivity (Wildman–Crippen MR) is 94.7 cm³/mol. The van der Waals surface area contributed by atoms with Crippen LogP contribution in [0.4, 0.5) is 4.79 Å². The Labute approximate surface area is 156 Å². The highest BCUT2D eigenvalue weighted by molar-refractivity contribution is 5.97. The zero-order valence-corrected chi connectivity index (χ0v) is 15.4. The fourth-order valence-corrected chi connectivity index (χ4v) is 1.87. The Hall–Kier alpha value is -3.30. The zero-order chi connectivity index (χ0) is 20.2. The molecule has 1 rings (SSSR count). The molecule has 148 valence electrons. The van der Waals surface area contributed by atoms with Gasteiger partial charge in [-0.1, -0.05) is 0 Å². The van der Waals surface area contributed by atoms with E-state index in [2.05, 4.69) is 15.4 Å². The molecule has 0 aliphatic carbocycles. The van der Waals surface area contributed by atoms with Crippen LogP contribution < -0.4 is 25.4 Å². The van der Waals surface area contributed by atoms with Gasteiger partial charge in [-0.05, 0) is 32.0 Å². The van der Waals surface area contributed by atoms with Crippen LogP contribution in [0.15, 0.2) is 18.2 Å². The van der Waals surface area contributed by atoms with E-state index in [1.807, 2.05) is 12.2 Å². The Morgan fingerprint density at radius 1 is 1.00 bits per heavy atom. The molecule has 0 heterocycles. The molecular formula is C17H23N3O7. The summed E-state index contributed by atoms with van der Waals surface area (Å²) in [5.41, 5.74) is 0.270. The Bertz CT molecular complexity index is 691. The fraction of sp³-hybridized carbons (Fsp3) is 0.412. The summed E-state index contributed by atoms with van der Waals surface area (Å²) in [6, 6.07) is 3.92. The van der Waals surface area contributed by atoms with E-state index in [0.717, 1.165) is 0 Å². The highest BCUT2D eigenvalue weighted by atomic mass is 16.5. The van der Waals surface area contributed by atoms with E-state index in [9.17, 15) is 19.2 Å². The monoisotopic (exact) mass is 381 g/mol. The van der Waals surface area contributed by atoms with Gasteiger partial charge in [0.15, 0.2) is 18.1 Å². The van der Waals surface area contributed by atoms with Crippen LogP contribution in [0.25, 0.3) is 0 Å². The molecule has 0 aliphatic heterocycles. The highest BCUT2D eigenvalue weighted by Gasteiger charge is 2.14. The first-order valence-electron chi connectivity index (χ1n) is 8.26. The van der Waals surface area contributed by atoms with Crippen molar-refractivity contribution in [3.05, 3.63) is 23.8 Å². The zero-order valence-electron chi connectivity index (χ0n) is 15.4. The van der Waals surface area contributed by atoms with Gasteiger partial charge in [-0.3, -0.25) is 19.7 Å². The van der Waals surface area contributed by atoms with Crippen molar-refractivity contribution in [2.45, 2.75) is 13.8 Å². The Morgan fingerprint density at radius 3 is 2.30 bits per heavy atom. The number of amides is 4. The van der Waals surface area contributed by atoms with Gasteiger partial charge < -0.3 is 24.8 Å². The van der Waals surface area contributed by atoms with Gasteiger partial charge in [0, 0.05) is 12.6 Å². The van der Waals surface area contributed by atoms with Crippen LogP contribution in [0.3, 0.4) is 0 Å². The molecule has 10 heteroatoms. The number of urea groups is 1. The molecule has 3 N–H and O–H groups in total. The normalized spacial score (nSPS) is 9.74. The highest BCUT2D eigenvalue weighted by Crippen LogP contribution is 2.28. The fourth-order valence-electron chi connectivity index (χ4n) is 1.87. The second kappa shape index (κ2) is 11.3. The van der Waals surface area contributed by atoms with Gasteiger partial charge in [0.05, 0.1) is 13.2 Å². The van der Waals surface area contributed by atoms with Crippen LogP contribution in [0, 0.1) is 0 Å². The maximum absolute atomic E-state index is 12.1. The van der Waals surface area contributed by atoms with E-state index in [1.165, 1.54) is 19.2 Å². The molecule has 0 saturated carbocycles. The van der Waals surface area contributed by atoms with Gasteiger partial charge in [0.25, 0.3) is 11.8 Å². The maximum atomic E-state index is 12.1. The maximum Gasteiger partial charge on any atom is 0.325 e. The minimum atomic E-state index is -0.827. The number of rotatable bonds is 9. The molecule has 4 amide bonds. The molecule has 10 nitrogen and oxygen atoms in total. The van der Waals surface area contributed by atoms with Crippen LogP contribution in [-0.2, 0) is 14.3 Å². The number of ether oxygens (including phenoxy) is 3. The summed E-state index contributed by atoms with van der Waals surface area (Å²) in [6.45, 7) is 3.40. The van der Waals surface area contributed by atoms with Crippen LogP contribution in [-0.4, -0.2) is 57.2 Å². The summed E-state index contributed by atoms with van der Waals surface area (Å²) in [5.74, 6) is -1.21. The average molecular weight is 381 g/mol. The molecule has 0 aromatic heterocycles. The first kappa shape index (κ1) is 21.7. The van der Waals surface area contributed by atoms with Gasteiger partial charge in [0.1, 0.15) is 6.54 Å². The quantitative estimate of drug-likeness (QED) is 0.521. The number of hydrogen-bond donors (Lipinski definition) is 3. The topological polar surface area (TPSA) is 132 Å². The third kappa shape index (κ3) is 7.63. The van der Waals surface area contributed by atoms with Gasteiger partial charge in [0.2, 0.25) is 0 Å². The summed E-state index contributed by atoms with van der Waals surface area (Å²) in [4.78, 5) is 46.0. The van der Waals surface area contributed by atoms with E-state index in [0.29, 0.717) is 24.7 Å². The summed E-state index contributed by atoms with van der Waals surface area (Å²) in [6.07, 6.45) is 0. The number of carbonyl (C=O) groups is 4. The molecule has 0 bridgehead atoms. The van der Waals surface area contributed by atoms with Gasteiger partial charge >= 0.3 is 12.0 Å². The van der Waals surface area contributed by atoms with E-state index in [4.69, 9.17) is 9.47 Å². The molecule has 0 atom stereocenters. The molecule has 0 spiro atoms. The molecule has 27 heavy (non-hydrogen) atoms. The van der Waals surface area contributed by atoms with Crippen molar-refractivity contribution in [1.29, 1.82) is 0 Å². The van der Waals surface area contributed by atoms with Crippen molar-refractivity contribution >= 4 is 23.8 Å². The number of benzene rings is 1. The lowest BCUT2D eigenvalue weighted by molar-refractivity contribution is -0.147. The molecule has 0 fully saturated rings. The van der Waals surface area contributed by atoms with Crippen molar-refractivity contribution in [2.75, 3.05) is 33.4 Å². The standard InChI is InChI=1S/C17H23N3O7/c1-4-25-12-7-6-11(8-13(12)26-5-2)16(23)19-9-15(22)27-10-14(21)20-17(24)18-3/h6-8H,4-5,9-10H2,1-3H3,(H,19,23)(H2,18,20,21,24). The van der Waals surface area contributed by atoms with Crippen molar-refractivity contribution in [3.63, 3.8) is 0 Å². The van der Waals surface area contributed by atoms with Crippen LogP contribution in [0.1, 0.15) is 24.2 Å². The Kier molecular flexibility index (Phi) is 9.13. The van der Waals surface area contributed by atoms with Crippen molar-refractivity contribution in [2.24, 2.45) is 0 Å². The van der Waals surface area contributed by atoms with Crippen LogP contribution in [0.2, 0.25) is 0 Å². The van der Waals surface area contributed by atoms with Crippen LogP contribution >= 0.6 is 0 Å². The summed E-state index contributed by atoms with van der Waals surface area (Å²) < 4.78 is 15.5. The van der Waals surface area contributed by atoms with E-state index in [1.54, 1.807) is 13.0 Å². The second-order valence-corrected chi connectivity index (χ2v) is 5.00. The minimum absolute atomic E-state index is 0.270. The van der Waals surface area contributed by atoms with Crippen molar-refractivity contribution in [3.8, 4) is 11.5 Å². The summed E-state index contributed by atoms with van der Waals surface area (Å²) in [5, 5.41) is 6.48. The number of carbonyl (C=O) groups excluding carboxylic acids is 4. The number of imide groups is 1. The number of nitrogens with one attached hydrogen (secondary N) is 3. The van der Waals surface area contributed by atoms with Gasteiger partial charge in [-0.15, -0.1) is 0 Å². The van der Waals surface area contributed by atoms with Crippen molar-refractivity contribution < 1.29 is 33.4 Å². The SMILES string of the molecule is CCOc1ccc(C(=O)NCC(=O)OCC(=O)NC(=O)NC)cc1OCC. The van der Waals surface area contributed by atoms with Crippen LogP contribution in [0.5, 0.6) is 11.5 Å².